The van der Waals surface area contributed by atoms with Crippen LogP contribution in [0.15, 0.2) is 47.4 Å². The van der Waals surface area contributed by atoms with Crippen molar-refractivity contribution in [1.29, 1.82) is 0 Å². The first-order valence-electron chi connectivity index (χ1n) is 8.75. The summed E-state index contributed by atoms with van der Waals surface area (Å²) in [6.07, 6.45) is 4.18. The lowest BCUT2D eigenvalue weighted by Crippen LogP contribution is -2.28. The van der Waals surface area contributed by atoms with Crippen molar-refractivity contribution in [1.82, 2.24) is 4.72 Å². The Morgan fingerprint density at radius 2 is 1.72 bits per heavy atom. The van der Waals surface area contributed by atoms with Gasteiger partial charge in [-0.05, 0) is 60.4 Å². The zero-order chi connectivity index (χ0) is 17.9. The van der Waals surface area contributed by atoms with Crippen LogP contribution in [0.3, 0.4) is 0 Å². The fraction of sp³-hybridized carbons (Fsp3) is 0.400. The molecule has 0 fully saturated rings. The molecule has 0 saturated heterocycles. The lowest BCUT2D eigenvalue weighted by Gasteiger charge is -2.20. The van der Waals surface area contributed by atoms with E-state index in [2.05, 4.69) is 4.72 Å². The van der Waals surface area contributed by atoms with Crippen molar-refractivity contribution in [3.8, 4) is 5.75 Å². The van der Waals surface area contributed by atoms with Gasteiger partial charge in [0.05, 0.1) is 7.11 Å². The predicted molar refractivity (Wildman–Crippen MR) is 99.7 cm³/mol. The van der Waals surface area contributed by atoms with Crippen LogP contribution in [0.1, 0.15) is 42.4 Å². The first-order valence-corrected chi connectivity index (χ1v) is 10.2. The Balaban J connectivity index is 1.82. The van der Waals surface area contributed by atoms with Crippen molar-refractivity contribution in [2.45, 2.75) is 43.4 Å². The van der Waals surface area contributed by atoms with E-state index < -0.39 is 10.0 Å². The Kier molecular flexibility index (Phi) is 5.45. The quantitative estimate of drug-likeness (QED) is 0.856. The van der Waals surface area contributed by atoms with Crippen LogP contribution in [-0.2, 0) is 22.9 Å². The fourth-order valence-electron chi connectivity index (χ4n) is 3.32. The summed E-state index contributed by atoms with van der Waals surface area (Å²) in [6.45, 7) is 2.37. The predicted octanol–water partition coefficient (Wildman–Crippen LogP) is 3.66. The standard InChI is InChI=1S/C20H25NO3S/c1-15(16-8-4-3-5-9-16)14-21-25(22,23)20-13-18-11-7-6-10-17(18)12-19(20)24-2/h3-5,8-9,12-13,15,21H,6-7,10-11,14H2,1-2H3/t15-/m1/s1. The molecule has 5 heteroatoms. The number of methoxy groups -OCH3 is 1. The third-order valence-electron chi connectivity index (χ3n) is 4.87. The minimum atomic E-state index is -3.61. The maximum absolute atomic E-state index is 12.8. The zero-order valence-electron chi connectivity index (χ0n) is 14.8. The molecule has 1 N–H and O–H groups in total. The summed E-state index contributed by atoms with van der Waals surface area (Å²) >= 11 is 0. The number of nitrogens with one attached hydrogen (secondary N) is 1. The molecule has 0 amide bonds. The SMILES string of the molecule is COc1cc2c(cc1S(=O)(=O)NC[C@@H](C)c1ccccc1)CCCC2. The number of fused-ring (bicyclic) bond motifs is 1. The van der Waals surface area contributed by atoms with Crippen LogP contribution in [0.2, 0.25) is 0 Å². The molecule has 2 aromatic carbocycles. The first kappa shape index (κ1) is 18.0. The zero-order valence-corrected chi connectivity index (χ0v) is 15.6. The molecule has 2 aromatic rings. The molecule has 0 aromatic heterocycles. The van der Waals surface area contributed by atoms with Crippen molar-refractivity contribution in [2.24, 2.45) is 0 Å². The van der Waals surface area contributed by atoms with E-state index in [-0.39, 0.29) is 10.8 Å². The third kappa shape index (κ3) is 4.05. The molecule has 0 bridgehead atoms. The van der Waals surface area contributed by atoms with Crippen molar-refractivity contribution >= 4 is 10.0 Å². The normalized spacial score (nSPS) is 15.4. The van der Waals surface area contributed by atoms with Crippen LogP contribution in [0.5, 0.6) is 5.75 Å². The number of aryl methyl sites for hydroxylation is 2. The molecular weight excluding hydrogens is 334 g/mol. The number of ether oxygens (including phenoxy) is 1. The van der Waals surface area contributed by atoms with Gasteiger partial charge in [0, 0.05) is 6.54 Å². The third-order valence-corrected chi connectivity index (χ3v) is 6.31. The van der Waals surface area contributed by atoms with Crippen LogP contribution in [-0.4, -0.2) is 22.1 Å². The highest BCUT2D eigenvalue weighted by Crippen LogP contribution is 2.32. The van der Waals surface area contributed by atoms with Crippen molar-refractivity contribution in [2.75, 3.05) is 13.7 Å². The van der Waals surface area contributed by atoms with E-state index in [4.69, 9.17) is 4.74 Å². The Morgan fingerprint density at radius 3 is 2.36 bits per heavy atom. The smallest absolute Gasteiger partial charge is 0.244 e. The number of benzene rings is 2. The lowest BCUT2D eigenvalue weighted by molar-refractivity contribution is 0.400. The minimum absolute atomic E-state index is 0.0968. The van der Waals surface area contributed by atoms with Gasteiger partial charge < -0.3 is 4.74 Å². The Morgan fingerprint density at radius 1 is 1.08 bits per heavy atom. The maximum atomic E-state index is 12.8. The summed E-state index contributed by atoms with van der Waals surface area (Å²) in [5, 5.41) is 0. The second kappa shape index (κ2) is 7.58. The molecule has 0 saturated carbocycles. The molecule has 0 unspecified atom stereocenters. The highest BCUT2D eigenvalue weighted by molar-refractivity contribution is 7.89. The summed E-state index contributed by atoms with van der Waals surface area (Å²) in [4.78, 5) is 0.246. The summed E-state index contributed by atoms with van der Waals surface area (Å²) in [7, 11) is -2.09. The fourth-order valence-corrected chi connectivity index (χ4v) is 4.65. The van der Waals surface area contributed by atoms with E-state index in [9.17, 15) is 8.42 Å². The van der Waals surface area contributed by atoms with Gasteiger partial charge in [0.1, 0.15) is 10.6 Å². The molecule has 4 nitrogen and oxygen atoms in total. The highest BCUT2D eigenvalue weighted by Gasteiger charge is 2.23. The van der Waals surface area contributed by atoms with E-state index in [1.807, 2.05) is 43.3 Å². The molecule has 1 aliphatic carbocycles. The topological polar surface area (TPSA) is 55.4 Å². The average Bonchev–Trinajstić information content (AvgIpc) is 2.65. The van der Waals surface area contributed by atoms with Gasteiger partial charge in [0.2, 0.25) is 10.0 Å². The van der Waals surface area contributed by atoms with Crippen LogP contribution in [0.25, 0.3) is 0 Å². The van der Waals surface area contributed by atoms with Gasteiger partial charge in [-0.25, -0.2) is 13.1 Å². The summed E-state index contributed by atoms with van der Waals surface area (Å²) in [5.41, 5.74) is 3.45. The molecule has 1 atom stereocenters. The molecular formula is C20H25NO3S. The largest absolute Gasteiger partial charge is 0.495 e. The molecule has 0 heterocycles. The molecule has 1 aliphatic rings. The number of rotatable bonds is 6. The number of hydrogen-bond acceptors (Lipinski definition) is 3. The summed E-state index contributed by atoms with van der Waals surface area (Å²) in [6, 6.07) is 13.6. The molecule has 25 heavy (non-hydrogen) atoms. The van der Waals surface area contributed by atoms with Gasteiger partial charge in [-0.3, -0.25) is 0 Å². The first-order chi connectivity index (χ1) is 12.0. The second-order valence-electron chi connectivity index (χ2n) is 6.64. The van der Waals surface area contributed by atoms with Crippen LogP contribution >= 0.6 is 0 Å². The molecule has 0 aliphatic heterocycles. The van der Waals surface area contributed by atoms with Gasteiger partial charge in [0.25, 0.3) is 0 Å². The number of sulfonamides is 1. The monoisotopic (exact) mass is 359 g/mol. The van der Waals surface area contributed by atoms with Gasteiger partial charge >= 0.3 is 0 Å². The van der Waals surface area contributed by atoms with E-state index in [1.165, 1.54) is 12.7 Å². The van der Waals surface area contributed by atoms with Gasteiger partial charge in [-0.15, -0.1) is 0 Å². The lowest BCUT2D eigenvalue weighted by atomic mass is 9.92. The van der Waals surface area contributed by atoms with Crippen molar-refractivity contribution in [3.05, 3.63) is 59.2 Å². The van der Waals surface area contributed by atoms with Gasteiger partial charge in [-0.1, -0.05) is 37.3 Å². The highest BCUT2D eigenvalue weighted by atomic mass is 32.2. The minimum Gasteiger partial charge on any atom is -0.495 e. The van der Waals surface area contributed by atoms with E-state index >= 15 is 0 Å². The maximum Gasteiger partial charge on any atom is 0.244 e. The Hall–Kier alpha value is -1.85. The molecule has 3 rings (SSSR count). The van der Waals surface area contributed by atoms with Crippen LogP contribution in [0, 0.1) is 0 Å². The summed E-state index contributed by atoms with van der Waals surface area (Å²) < 4.78 is 33.8. The van der Waals surface area contributed by atoms with E-state index in [1.54, 1.807) is 6.07 Å². The molecule has 134 valence electrons. The Bertz CT molecular complexity index is 832. The number of hydrogen-bond donors (Lipinski definition) is 1. The van der Waals surface area contributed by atoms with E-state index in [0.717, 1.165) is 36.8 Å². The van der Waals surface area contributed by atoms with Crippen LogP contribution < -0.4 is 9.46 Å². The Labute approximate surface area is 150 Å². The van der Waals surface area contributed by atoms with E-state index in [0.29, 0.717) is 12.3 Å². The van der Waals surface area contributed by atoms with Crippen molar-refractivity contribution < 1.29 is 13.2 Å². The molecule has 0 spiro atoms. The second-order valence-corrected chi connectivity index (χ2v) is 8.38. The molecule has 0 radical (unpaired) electrons. The van der Waals surface area contributed by atoms with Gasteiger partial charge in [0.15, 0.2) is 0 Å². The van der Waals surface area contributed by atoms with Crippen molar-refractivity contribution in [3.63, 3.8) is 0 Å². The summed E-state index contributed by atoms with van der Waals surface area (Å²) in [5.74, 6) is 0.528. The van der Waals surface area contributed by atoms with Gasteiger partial charge in [-0.2, -0.15) is 0 Å². The van der Waals surface area contributed by atoms with Crippen LogP contribution in [0.4, 0.5) is 0 Å². The average molecular weight is 359 g/mol.